The molecule has 1 aliphatic carbocycles. The molecule has 1 aromatic rings. The van der Waals surface area contributed by atoms with Crippen molar-refractivity contribution < 1.29 is 4.79 Å². The minimum atomic E-state index is -0.0109. The summed E-state index contributed by atoms with van der Waals surface area (Å²) in [6.07, 6.45) is 3.48. The minimum absolute atomic E-state index is 0.0109. The Bertz CT molecular complexity index is 455. The van der Waals surface area contributed by atoms with Crippen LogP contribution < -0.4 is 11.1 Å². The Morgan fingerprint density at radius 3 is 2.39 bits per heavy atom. The second kappa shape index (κ2) is 5.48. The van der Waals surface area contributed by atoms with E-state index in [-0.39, 0.29) is 5.91 Å². The van der Waals surface area contributed by atoms with E-state index in [1.54, 1.807) is 24.3 Å². The summed E-state index contributed by atoms with van der Waals surface area (Å²) in [5.74, 6) is 0.563. The summed E-state index contributed by atoms with van der Waals surface area (Å²) in [5, 5.41) is 3.09. The fraction of sp³-hybridized carbons (Fsp3) is 0.429. The number of carbonyl (C=O) groups is 1. The average Bonchev–Trinajstić information content (AvgIpc) is 2.75. The van der Waals surface area contributed by atoms with Gasteiger partial charge in [0.2, 0.25) is 0 Å². The SMILES string of the molecule is CC1CCCC1NC(=O)c1ccc(C(N)=S)cc1. The predicted molar refractivity (Wildman–Crippen MR) is 76.6 cm³/mol. The summed E-state index contributed by atoms with van der Waals surface area (Å²) in [6, 6.07) is 7.42. The van der Waals surface area contributed by atoms with Crippen molar-refractivity contribution in [2.24, 2.45) is 11.7 Å². The van der Waals surface area contributed by atoms with Gasteiger partial charge in [-0.15, -0.1) is 0 Å². The van der Waals surface area contributed by atoms with Gasteiger partial charge in [-0.2, -0.15) is 0 Å². The molecule has 18 heavy (non-hydrogen) atoms. The molecule has 2 unspecified atom stereocenters. The number of hydrogen-bond acceptors (Lipinski definition) is 2. The van der Waals surface area contributed by atoms with Crippen molar-refractivity contribution in [2.75, 3.05) is 0 Å². The van der Waals surface area contributed by atoms with E-state index < -0.39 is 0 Å². The molecule has 1 aromatic carbocycles. The van der Waals surface area contributed by atoms with E-state index in [1.807, 2.05) is 0 Å². The van der Waals surface area contributed by atoms with E-state index in [0.717, 1.165) is 12.0 Å². The standard InChI is InChI=1S/C14H18N2OS/c1-9-3-2-4-12(9)16-14(17)11-7-5-10(6-8-11)13(15)18/h5-9,12H,2-4H2,1H3,(H2,15,18)(H,16,17). The quantitative estimate of drug-likeness (QED) is 0.821. The first kappa shape index (κ1) is 13.0. The highest BCUT2D eigenvalue weighted by Gasteiger charge is 2.24. The minimum Gasteiger partial charge on any atom is -0.389 e. The fourth-order valence-electron chi connectivity index (χ4n) is 2.40. The molecule has 2 rings (SSSR count). The lowest BCUT2D eigenvalue weighted by molar-refractivity contribution is 0.0929. The van der Waals surface area contributed by atoms with Gasteiger partial charge in [0.05, 0.1) is 0 Å². The lowest BCUT2D eigenvalue weighted by Crippen LogP contribution is -2.36. The van der Waals surface area contributed by atoms with Crippen molar-refractivity contribution in [3.8, 4) is 0 Å². The zero-order valence-corrected chi connectivity index (χ0v) is 11.3. The van der Waals surface area contributed by atoms with Crippen molar-refractivity contribution >= 4 is 23.1 Å². The molecule has 3 N–H and O–H groups in total. The van der Waals surface area contributed by atoms with Crippen molar-refractivity contribution in [3.05, 3.63) is 35.4 Å². The maximum atomic E-state index is 12.1. The van der Waals surface area contributed by atoms with Crippen LogP contribution in [-0.4, -0.2) is 16.9 Å². The third-order valence-corrected chi connectivity index (χ3v) is 3.85. The van der Waals surface area contributed by atoms with Crippen molar-refractivity contribution in [1.29, 1.82) is 0 Å². The molecule has 1 fully saturated rings. The van der Waals surface area contributed by atoms with Gasteiger partial charge in [-0.25, -0.2) is 0 Å². The lowest BCUT2D eigenvalue weighted by atomic mass is 10.1. The Morgan fingerprint density at radius 1 is 1.28 bits per heavy atom. The number of rotatable bonds is 3. The summed E-state index contributed by atoms with van der Waals surface area (Å²) in [5.41, 5.74) is 6.97. The van der Waals surface area contributed by atoms with Crippen LogP contribution in [0.5, 0.6) is 0 Å². The summed E-state index contributed by atoms with van der Waals surface area (Å²) < 4.78 is 0. The van der Waals surface area contributed by atoms with Crippen LogP contribution in [-0.2, 0) is 0 Å². The number of thiocarbonyl (C=S) groups is 1. The number of benzene rings is 1. The highest BCUT2D eigenvalue weighted by molar-refractivity contribution is 7.80. The molecular weight excluding hydrogens is 244 g/mol. The second-order valence-electron chi connectivity index (χ2n) is 4.93. The molecule has 0 radical (unpaired) electrons. The van der Waals surface area contributed by atoms with Gasteiger partial charge < -0.3 is 11.1 Å². The monoisotopic (exact) mass is 262 g/mol. The number of hydrogen-bond donors (Lipinski definition) is 2. The van der Waals surface area contributed by atoms with Crippen molar-refractivity contribution in [1.82, 2.24) is 5.32 Å². The molecule has 0 aromatic heterocycles. The molecule has 0 saturated heterocycles. The van der Waals surface area contributed by atoms with Crippen LogP contribution in [0.1, 0.15) is 42.1 Å². The van der Waals surface area contributed by atoms with E-state index in [2.05, 4.69) is 12.2 Å². The molecule has 0 aliphatic heterocycles. The lowest BCUT2D eigenvalue weighted by Gasteiger charge is -2.17. The van der Waals surface area contributed by atoms with E-state index in [9.17, 15) is 4.79 Å². The maximum Gasteiger partial charge on any atom is 0.251 e. The smallest absolute Gasteiger partial charge is 0.251 e. The second-order valence-corrected chi connectivity index (χ2v) is 5.37. The van der Waals surface area contributed by atoms with Crippen LogP contribution in [0, 0.1) is 5.92 Å². The molecule has 0 spiro atoms. The molecular formula is C14H18N2OS. The van der Waals surface area contributed by atoms with Crippen LogP contribution in [0.25, 0.3) is 0 Å². The molecule has 1 aliphatic rings. The number of nitrogens with one attached hydrogen (secondary N) is 1. The van der Waals surface area contributed by atoms with Crippen LogP contribution in [0.4, 0.5) is 0 Å². The Hall–Kier alpha value is -1.42. The Kier molecular flexibility index (Phi) is 3.97. The number of nitrogens with two attached hydrogens (primary N) is 1. The summed E-state index contributed by atoms with van der Waals surface area (Å²) in [7, 11) is 0. The Balaban J connectivity index is 2.02. The van der Waals surface area contributed by atoms with Crippen molar-refractivity contribution in [3.63, 3.8) is 0 Å². The van der Waals surface area contributed by atoms with Gasteiger partial charge in [-0.1, -0.05) is 37.7 Å². The van der Waals surface area contributed by atoms with Crippen LogP contribution in [0.15, 0.2) is 24.3 Å². The zero-order chi connectivity index (χ0) is 13.1. The molecule has 4 heteroatoms. The van der Waals surface area contributed by atoms with Gasteiger partial charge in [0.15, 0.2) is 0 Å². The third kappa shape index (κ3) is 2.88. The molecule has 1 amide bonds. The molecule has 2 atom stereocenters. The first-order valence-electron chi connectivity index (χ1n) is 6.28. The van der Waals surface area contributed by atoms with Gasteiger partial charge in [-0.3, -0.25) is 4.79 Å². The molecule has 96 valence electrons. The first-order chi connectivity index (χ1) is 8.58. The summed E-state index contributed by atoms with van der Waals surface area (Å²) >= 11 is 4.88. The van der Waals surface area contributed by atoms with E-state index in [4.69, 9.17) is 18.0 Å². The topological polar surface area (TPSA) is 55.1 Å². The highest BCUT2D eigenvalue weighted by Crippen LogP contribution is 2.25. The van der Waals surface area contributed by atoms with E-state index >= 15 is 0 Å². The summed E-state index contributed by atoms with van der Waals surface area (Å²) in [4.78, 5) is 12.4. The molecule has 3 nitrogen and oxygen atoms in total. The predicted octanol–water partition coefficient (Wildman–Crippen LogP) is 2.24. The van der Waals surface area contributed by atoms with Crippen LogP contribution in [0.2, 0.25) is 0 Å². The fourth-order valence-corrected chi connectivity index (χ4v) is 2.53. The van der Waals surface area contributed by atoms with Gasteiger partial charge in [-0.05, 0) is 30.9 Å². The molecule has 0 heterocycles. The Labute approximate surface area is 113 Å². The van der Waals surface area contributed by atoms with Crippen LogP contribution >= 0.6 is 12.2 Å². The maximum absolute atomic E-state index is 12.1. The molecule has 1 saturated carbocycles. The van der Waals surface area contributed by atoms with Crippen molar-refractivity contribution in [2.45, 2.75) is 32.2 Å². The highest BCUT2D eigenvalue weighted by atomic mass is 32.1. The van der Waals surface area contributed by atoms with Crippen LogP contribution in [0.3, 0.4) is 0 Å². The van der Waals surface area contributed by atoms with Gasteiger partial charge in [0.1, 0.15) is 4.99 Å². The van der Waals surface area contributed by atoms with E-state index in [0.29, 0.717) is 22.5 Å². The zero-order valence-electron chi connectivity index (χ0n) is 10.5. The number of carbonyl (C=O) groups excluding carboxylic acids is 1. The van der Waals surface area contributed by atoms with Gasteiger partial charge in [0.25, 0.3) is 5.91 Å². The average molecular weight is 262 g/mol. The molecule has 0 bridgehead atoms. The normalized spacial score (nSPS) is 22.7. The Morgan fingerprint density at radius 2 is 1.89 bits per heavy atom. The van der Waals surface area contributed by atoms with Gasteiger partial charge >= 0.3 is 0 Å². The first-order valence-corrected chi connectivity index (χ1v) is 6.69. The third-order valence-electron chi connectivity index (χ3n) is 3.61. The largest absolute Gasteiger partial charge is 0.389 e. The van der Waals surface area contributed by atoms with E-state index in [1.165, 1.54) is 12.8 Å². The summed E-state index contributed by atoms with van der Waals surface area (Å²) in [6.45, 7) is 2.19. The van der Waals surface area contributed by atoms with Gasteiger partial charge in [0, 0.05) is 17.2 Å². The number of amides is 1.